The zero-order valence-corrected chi connectivity index (χ0v) is 8.52. The first-order valence-electron chi connectivity index (χ1n) is 4.80. The quantitative estimate of drug-likeness (QED) is 0.529. The Balaban J connectivity index is 2.34. The molecule has 0 aliphatic rings. The largest absolute Gasteiger partial charge is 0.325 e. The van der Waals surface area contributed by atoms with Gasteiger partial charge in [-0.25, -0.2) is 4.68 Å². The molecule has 0 bridgehead atoms. The first kappa shape index (κ1) is 11.4. The van der Waals surface area contributed by atoms with Crippen molar-refractivity contribution in [3.8, 4) is 12.3 Å². The Morgan fingerprint density at radius 2 is 2.47 bits per heavy atom. The van der Waals surface area contributed by atoms with E-state index in [-0.39, 0.29) is 12.3 Å². The summed E-state index contributed by atoms with van der Waals surface area (Å²) in [4.78, 5) is 11.4. The molecule has 0 saturated carbocycles. The van der Waals surface area contributed by atoms with Crippen molar-refractivity contribution in [2.75, 3.05) is 0 Å². The highest BCUT2D eigenvalue weighted by Gasteiger charge is 2.04. The maximum Gasteiger partial charge on any atom is 0.154 e. The van der Waals surface area contributed by atoms with Crippen LogP contribution in [0.5, 0.6) is 0 Å². The molecular weight excluding hydrogens is 192 g/mol. The van der Waals surface area contributed by atoms with E-state index in [2.05, 4.69) is 16.2 Å². The van der Waals surface area contributed by atoms with Gasteiger partial charge in [-0.3, -0.25) is 4.79 Å². The van der Waals surface area contributed by atoms with Crippen LogP contribution in [0, 0.1) is 12.3 Å². The Kier molecular flexibility index (Phi) is 4.51. The maximum atomic E-state index is 11.4. The second kappa shape index (κ2) is 5.94. The number of nitrogens with two attached hydrogens (primary N) is 1. The molecule has 2 N–H and O–H groups in total. The summed E-state index contributed by atoms with van der Waals surface area (Å²) >= 11 is 0. The van der Waals surface area contributed by atoms with Gasteiger partial charge >= 0.3 is 0 Å². The minimum Gasteiger partial charge on any atom is -0.325 e. The first-order valence-corrected chi connectivity index (χ1v) is 4.80. The fraction of sp³-hybridized carbons (Fsp3) is 0.500. The zero-order chi connectivity index (χ0) is 11.1. The van der Waals surface area contributed by atoms with Crippen molar-refractivity contribution in [3.63, 3.8) is 0 Å². The molecule has 0 aliphatic carbocycles. The Labute approximate surface area is 88.6 Å². The van der Waals surface area contributed by atoms with E-state index in [9.17, 15) is 4.79 Å². The highest BCUT2D eigenvalue weighted by Crippen LogP contribution is 1.98. The number of rotatable bonds is 6. The van der Waals surface area contributed by atoms with Crippen molar-refractivity contribution >= 4 is 5.78 Å². The van der Waals surface area contributed by atoms with Gasteiger partial charge in [-0.2, -0.15) is 0 Å². The number of nitrogens with zero attached hydrogens (tertiary/aromatic N) is 3. The van der Waals surface area contributed by atoms with Gasteiger partial charge in [0, 0.05) is 19.4 Å². The molecule has 5 heteroatoms. The van der Waals surface area contributed by atoms with Crippen molar-refractivity contribution < 1.29 is 4.79 Å². The number of hydrogen-bond donors (Lipinski definition) is 1. The van der Waals surface area contributed by atoms with Gasteiger partial charge in [0.05, 0.1) is 11.9 Å². The Bertz CT molecular complexity index is 364. The van der Waals surface area contributed by atoms with E-state index in [0.29, 0.717) is 25.1 Å². The van der Waals surface area contributed by atoms with Gasteiger partial charge in [-0.1, -0.05) is 5.21 Å². The SMILES string of the molecule is C#CCCCC(=O)Cn1cc(CN)nn1. The number of terminal acetylenes is 1. The van der Waals surface area contributed by atoms with E-state index < -0.39 is 0 Å². The third-order valence-corrected chi connectivity index (χ3v) is 1.91. The second-order valence-corrected chi connectivity index (χ2v) is 3.21. The molecule has 80 valence electrons. The lowest BCUT2D eigenvalue weighted by molar-refractivity contribution is -0.119. The molecule has 0 amide bonds. The first-order chi connectivity index (χ1) is 7.26. The van der Waals surface area contributed by atoms with Gasteiger partial charge in [0.1, 0.15) is 6.54 Å². The van der Waals surface area contributed by atoms with Gasteiger partial charge in [0.25, 0.3) is 0 Å². The molecule has 0 aliphatic heterocycles. The summed E-state index contributed by atoms with van der Waals surface area (Å²) in [6.45, 7) is 0.586. The molecule has 0 radical (unpaired) electrons. The van der Waals surface area contributed by atoms with Gasteiger partial charge < -0.3 is 5.73 Å². The van der Waals surface area contributed by atoms with Crippen LogP contribution in [-0.2, 0) is 17.9 Å². The summed E-state index contributed by atoms with van der Waals surface area (Å²) in [6.07, 6.45) is 8.62. The lowest BCUT2D eigenvalue weighted by Gasteiger charge is -1.98. The number of carbonyl (C=O) groups excluding carboxylic acids is 1. The molecule has 1 aromatic heterocycles. The molecular formula is C10H14N4O. The number of Topliss-reactive ketones (excluding diaryl/α,β-unsaturated/α-hetero) is 1. The summed E-state index contributed by atoms with van der Waals surface area (Å²) in [5.41, 5.74) is 6.06. The van der Waals surface area contributed by atoms with Crippen LogP contribution in [0.1, 0.15) is 25.0 Å². The minimum atomic E-state index is 0.110. The Morgan fingerprint density at radius 1 is 1.67 bits per heavy atom. The lowest BCUT2D eigenvalue weighted by Crippen LogP contribution is -2.10. The van der Waals surface area contributed by atoms with Crippen molar-refractivity contribution in [1.82, 2.24) is 15.0 Å². The third kappa shape index (κ3) is 3.92. The number of carbonyl (C=O) groups is 1. The van der Waals surface area contributed by atoms with Crippen molar-refractivity contribution in [2.45, 2.75) is 32.4 Å². The summed E-state index contributed by atoms with van der Waals surface area (Å²) < 4.78 is 1.50. The molecule has 0 atom stereocenters. The Morgan fingerprint density at radius 3 is 3.07 bits per heavy atom. The van der Waals surface area contributed by atoms with Crippen LogP contribution in [0.25, 0.3) is 0 Å². The smallest absolute Gasteiger partial charge is 0.154 e. The van der Waals surface area contributed by atoms with E-state index in [4.69, 9.17) is 12.2 Å². The van der Waals surface area contributed by atoms with Crippen LogP contribution >= 0.6 is 0 Å². The van der Waals surface area contributed by atoms with Crippen LogP contribution in [0.3, 0.4) is 0 Å². The number of ketones is 1. The maximum absolute atomic E-state index is 11.4. The molecule has 0 saturated heterocycles. The standard InChI is InChI=1S/C10H14N4O/c1-2-3-4-5-10(15)8-14-7-9(6-11)12-13-14/h1,7H,3-6,8,11H2. The summed E-state index contributed by atoms with van der Waals surface area (Å²) in [5, 5.41) is 7.57. The van der Waals surface area contributed by atoms with Gasteiger partial charge in [0.2, 0.25) is 0 Å². The van der Waals surface area contributed by atoms with Gasteiger partial charge in [-0.15, -0.1) is 17.4 Å². The van der Waals surface area contributed by atoms with Crippen LogP contribution in [0.15, 0.2) is 6.20 Å². The van der Waals surface area contributed by atoms with Gasteiger partial charge in [0.15, 0.2) is 5.78 Å². The molecule has 1 rings (SSSR count). The van der Waals surface area contributed by atoms with E-state index in [1.54, 1.807) is 6.20 Å². The van der Waals surface area contributed by atoms with E-state index >= 15 is 0 Å². The fourth-order valence-electron chi connectivity index (χ4n) is 1.16. The molecule has 1 aromatic rings. The predicted octanol–water partition coefficient (Wildman–Crippen LogP) is 0.109. The van der Waals surface area contributed by atoms with Crippen LogP contribution < -0.4 is 5.73 Å². The average molecular weight is 206 g/mol. The van der Waals surface area contributed by atoms with E-state index in [0.717, 1.165) is 6.42 Å². The van der Waals surface area contributed by atoms with Crippen LogP contribution in [0.4, 0.5) is 0 Å². The molecule has 5 nitrogen and oxygen atoms in total. The monoisotopic (exact) mass is 206 g/mol. The molecule has 15 heavy (non-hydrogen) atoms. The number of hydrogen-bond acceptors (Lipinski definition) is 4. The van der Waals surface area contributed by atoms with Crippen molar-refractivity contribution in [1.29, 1.82) is 0 Å². The lowest BCUT2D eigenvalue weighted by atomic mass is 10.2. The zero-order valence-electron chi connectivity index (χ0n) is 8.52. The molecule has 0 spiro atoms. The highest BCUT2D eigenvalue weighted by molar-refractivity contribution is 5.78. The normalized spacial score (nSPS) is 9.87. The summed E-state index contributed by atoms with van der Waals surface area (Å²) in [6, 6.07) is 0. The molecule has 0 fully saturated rings. The number of aromatic nitrogens is 3. The second-order valence-electron chi connectivity index (χ2n) is 3.21. The minimum absolute atomic E-state index is 0.110. The topological polar surface area (TPSA) is 73.8 Å². The summed E-state index contributed by atoms with van der Waals surface area (Å²) in [7, 11) is 0. The van der Waals surface area contributed by atoms with Crippen LogP contribution in [-0.4, -0.2) is 20.8 Å². The Hall–Kier alpha value is -1.67. The number of unbranched alkanes of at least 4 members (excludes halogenated alkanes) is 1. The molecule has 0 unspecified atom stereocenters. The van der Waals surface area contributed by atoms with Crippen molar-refractivity contribution in [3.05, 3.63) is 11.9 Å². The fourth-order valence-corrected chi connectivity index (χ4v) is 1.16. The van der Waals surface area contributed by atoms with E-state index in [1.165, 1.54) is 4.68 Å². The van der Waals surface area contributed by atoms with E-state index in [1.807, 2.05) is 0 Å². The predicted molar refractivity (Wildman–Crippen MR) is 55.6 cm³/mol. The van der Waals surface area contributed by atoms with Crippen molar-refractivity contribution in [2.24, 2.45) is 5.73 Å². The van der Waals surface area contributed by atoms with Gasteiger partial charge in [-0.05, 0) is 6.42 Å². The third-order valence-electron chi connectivity index (χ3n) is 1.91. The highest BCUT2D eigenvalue weighted by atomic mass is 16.1. The van der Waals surface area contributed by atoms with Crippen LogP contribution in [0.2, 0.25) is 0 Å². The molecule has 0 aromatic carbocycles. The average Bonchev–Trinajstić information content (AvgIpc) is 2.66. The molecule has 1 heterocycles. The summed E-state index contributed by atoms with van der Waals surface area (Å²) in [5.74, 6) is 2.61.